The lowest BCUT2D eigenvalue weighted by atomic mass is 9.76. The van der Waals surface area contributed by atoms with Crippen LogP contribution in [0.15, 0.2) is 48.5 Å². The summed E-state index contributed by atoms with van der Waals surface area (Å²) < 4.78 is 74.6. The molecule has 2 aliphatic rings. The molecule has 0 radical (unpaired) electrons. The van der Waals surface area contributed by atoms with Gasteiger partial charge in [0, 0.05) is 30.3 Å². The molecule has 36 heavy (non-hydrogen) atoms. The van der Waals surface area contributed by atoms with Crippen LogP contribution in [0.2, 0.25) is 0 Å². The van der Waals surface area contributed by atoms with Crippen molar-refractivity contribution >= 4 is 15.7 Å². The molecule has 2 aromatic carbocycles. The van der Waals surface area contributed by atoms with Gasteiger partial charge >= 0.3 is 6.18 Å². The number of anilines is 1. The summed E-state index contributed by atoms with van der Waals surface area (Å²) in [7, 11) is -3.50. The fraction of sp³-hybridized carbons (Fsp3) is 0.538. The van der Waals surface area contributed by atoms with E-state index in [2.05, 4.69) is 10.0 Å². The maximum absolute atomic E-state index is 13.5. The van der Waals surface area contributed by atoms with Crippen molar-refractivity contribution in [2.75, 3.05) is 37.2 Å². The summed E-state index contributed by atoms with van der Waals surface area (Å²) in [5, 5.41) is 3.44. The van der Waals surface area contributed by atoms with E-state index in [1.165, 1.54) is 6.07 Å². The van der Waals surface area contributed by atoms with Crippen LogP contribution in [0.5, 0.6) is 0 Å². The number of hydrogen-bond acceptors (Lipinski definition) is 5. The molecule has 2 heterocycles. The van der Waals surface area contributed by atoms with Crippen molar-refractivity contribution in [3.8, 4) is 0 Å². The Bertz CT molecular complexity index is 1120. The number of rotatable bonds is 9. The Kier molecular flexibility index (Phi) is 8.28. The minimum atomic E-state index is -4.46. The normalized spacial score (nSPS) is 24.2. The molecule has 0 amide bonds. The zero-order chi connectivity index (χ0) is 25.9. The monoisotopic (exact) mass is 525 g/mol. The summed E-state index contributed by atoms with van der Waals surface area (Å²) in [4.78, 5) is 2.04. The fourth-order valence-electron chi connectivity index (χ4n) is 5.15. The molecule has 0 unspecified atom stereocenters. The average molecular weight is 526 g/mol. The number of ether oxygens (including phenoxy) is 1. The molecule has 198 valence electrons. The highest BCUT2D eigenvalue weighted by Gasteiger charge is 2.43. The largest absolute Gasteiger partial charge is 0.416 e. The highest BCUT2D eigenvalue weighted by atomic mass is 32.2. The predicted octanol–water partition coefficient (Wildman–Crippen LogP) is 4.97. The maximum Gasteiger partial charge on any atom is 0.416 e. The molecule has 1 saturated heterocycles. The highest BCUT2D eigenvalue weighted by Crippen LogP contribution is 2.51. The number of alkyl halides is 3. The molecule has 0 aromatic heterocycles. The van der Waals surface area contributed by atoms with E-state index >= 15 is 0 Å². The Morgan fingerprint density at radius 3 is 2.47 bits per heavy atom. The Balaban J connectivity index is 1.53. The number of fused-ring (bicyclic) bond motifs is 3. The van der Waals surface area contributed by atoms with E-state index in [1.807, 2.05) is 49.1 Å². The number of sulfonamides is 1. The van der Waals surface area contributed by atoms with E-state index in [0.29, 0.717) is 30.6 Å². The molecule has 6 nitrogen and oxygen atoms in total. The third kappa shape index (κ3) is 6.22. The van der Waals surface area contributed by atoms with Crippen LogP contribution in [0.1, 0.15) is 55.5 Å². The van der Waals surface area contributed by atoms with Crippen LogP contribution < -0.4 is 10.0 Å². The maximum atomic E-state index is 13.5. The van der Waals surface area contributed by atoms with Crippen LogP contribution in [0.4, 0.5) is 18.9 Å². The van der Waals surface area contributed by atoms with Gasteiger partial charge in [-0.15, -0.1) is 0 Å². The first-order chi connectivity index (χ1) is 17.1. The smallest absolute Gasteiger partial charge is 0.378 e. The van der Waals surface area contributed by atoms with Crippen molar-refractivity contribution < 1.29 is 26.3 Å². The van der Waals surface area contributed by atoms with E-state index in [-0.39, 0.29) is 24.3 Å². The van der Waals surface area contributed by atoms with E-state index in [4.69, 9.17) is 4.74 Å². The van der Waals surface area contributed by atoms with Gasteiger partial charge < -0.3 is 15.0 Å². The molecule has 2 aromatic rings. The predicted molar refractivity (Wildman–Crippen MR) is 134 cm³/mol. The quantitative estimate of drug-likeness (QED) is 0.484. The molecule has 4 rings (SSSR count). The van der Waals surface area contributed by atoms with Crippen molar-refractivity contribution in [1.82, 2.24) is 9.62 Å². The molecular formula is C26H34F3N3O3S. The zero-order valence-electron chi connectivity index (χ0n) is 20.6. The summed E-state index contributed by atoms with van der Waals surface area (Å²) in [6.45, 7) is 6.06. The number of benzene rings is 2. The Hall–Kier alpha value is -2.14. The Labute approximate surface area is 211 Å². The lowest BCUT2D eigenvalue weighted by Crippen LogP contribution is -2.44. The standard InChI is InChI=1S/C26H34F3N3O3S/c1-3-32(4-2)14-15-36(33,34)30-17-20-11-12-21-24(18-8-6-5-7-9-18)31-23-13-10-19(26(27,28)29)16-22(23)25(21)35-20/h5-10,13,16,20-21,24-25,30-31H,3-4,11-12,14-15,17H2,1-2H3/t20-,21+,24+,25+/m1/s1. The third-order valence-electron chi connectivity index (χ3n) is 7.23. The second kappa shape index (κ2) is 11.1. The lowest BCUT2D eigenvalue weighted by Gasteiger charge is -2.46. The minimum absolute atomic E-state index is 0.00870. The van der Waals surface area contributed by atoms with E-state index in [9.17, 15) is 21.6 Å². The number of nitrogens with one attached hydrogen (secondary N) is 2. The van der Waals surface area contributed by atoms with Gasteiger partial charge in [0.05, 0.1) is 29.6 Å². The van der Waals surface area contributed by atoms with Gasteiger partial charge in [-0.3, -0.25) is 0 Å². The van der Waals surface area contributed by atoms with E-state index in [1.54, 1.807) is 0 Å². The first-order valence-corrected chi connectivity index (χ1v) is 14.1. The summed E-state index contributed by atoms with van der Waals surface area (Å²) in [5.74, 6) is -0.0930. The van der Waals surface area contributed by atoms with Crippen LogP contribution in [0.25, 0.3) is 0 Å². The van der Waals surface area contributed by atoms with Crippen molar-refractivity contribution in [3.05, 3.63) is 65.2 Å². The second-order valence-electron chi connectivity index (χ2n) is 9.45. The van der Waals surface area contributed by atoms with Gasteiger partial charge in [0.25, 0.3) is 0 Å². The molecule has 4 atom stereocenters. The van der Waals surface area contributed by atoms with Crippen molar-refractivity contribution in [2.24, 2.45) is 5.92 Å². The summed E-state index contributed by atoms with van der Waals surface area (Å²) in [6.07, 6.45) is -4.16. The molecule has 0 bridgehead atoms. The molecule has 1 fully saturated rings. The zero-order valence-corrected chi connectivity index (χ0v) is 21.4. The Morgan fingerprint density at radius 1 is 1.08 bits per heavy atom. The van der Waals surface area contributed by atoms with Crippen LogP contribution in [0, 0.1) is 5.92 Å². The van der Waals surface area contributed by atoms with Crippen LogP contribution >= 0.6 is 0 Å². The first kappa shape index (κ1) is 26.9. The number of halogens is 3. The molecule has 2 N–H and O–H groups in total. The number of nitrogens with zero attached hydrogens (tertiary/aromatic N) is 1. The number of hydrogen-bond donors (Lipinski definition) is 2. The SMILES string of the molecule is CCN(CC)CCS(=O)(=O)NC[C@H]1CC[C@@H]2[C@H](O1)c1cc(C(F)(F)F)ccc1N[C@H]2c1ccccc1. The van der Waals surface area contributed by atoms with Gasteiger partial charge in [0.2, 0.25) is 10.0 Å². The average Bonchev–Trinajstić information content (AvgIpc) is 2.87. The van der Waals surface area contributed by atoms with Crippen molar-refractivity contribution in [1.29, 1.82) is 0 Å². The van der Waals surface area contributed by atoms with Gasteiger partial charge in [-0.2, -0.15) is 13.2 Å². The van der Waals surface area contributed by atoms with Gasteiger partial charge in [0.15, 0.2) is 0 Å². The van der Waals surface area contributed by atoms with Crippen LogP contribution in [-0.4, -0.2) is 51.4 Å². The molecule has 0 aliphatic carbocycles. The fourth-order valence-corrected chi connectivity index (χ4v) is 6.24. The first-order valence-electron chi connectivity index (χ1n) is 12.5. The lowest BCUT2D eigenvalue weighted by molar-refractivity contribution is -0.138. The van der Waals surface area contributed by atoms with E-state index in [0.717, 1.165) is 30.8 Å². The molecule has 0 spiro atoms. The summed E-state index contributed by atoms with van der Waals surface area (Å²) in [6, 6.07) is 13.4. The third-order valence-corrected chi connectivity index (χ3v) is 8.56. The summed E-state index contributed by atoms with van der Waals surface area (Å²) in [5.41, 5.74) is 1.40. The van der Waals surface area contributed by atoms with Gasteiger partial charge in [-0.05, 0) is 49.7 Å². The molecular weight excluding hydrogens is 491 g/mol. The van der Waals surface area contributed by atoms with Gasteiger partial charge in [-0.25, -0.2) is 13.1 Å². The van der Waals surface area contributed by atoms with Crippen molar-refractivity contribution in [2.45, 2.75) is 51.1 Å². The Morgan fingerprint density at radius 2 is 1.81 bits per heavy atom. The van der Waals surface area contributed by atoms with Crippen LogP contribution in [0.3, 0.4) is 0 Å². The van der Waals surface area contributed by atoms with Gasteiger partial charge in [-0.1, -0.05) is 44.2 Å². The summed E-state index contributed by atoms with van der Waals surface area (Å²) >= 11 is 0. The van der Waals surface area contributed by atoms with Crippen molar-refractivity contribution in [3.63, 3.8) is 0 Å². The molecule has 2 aliphatic heterocycles. The topological polar surface area (TPSA) is 70.7 Å². The molecule has 0 saturated carbocycles. The highest BCUT2D eigenvalue weighted by molar-refractivity contribution is 7.89. The molecule has 10 heteroatoms. The van der Waals surface area contributed by atoms with Gasteiger partial charge in [0.1, 0.15) is 0 Å². The van der Waals surface area contributed by atoms with E-state index < -0.39 is 34.0 Å². The van der Waals surface area contributed by atoms with Crippen LogP contribution in [-0.2, 0) is 20.9 Å². The second-order valence-corrected chi connectivity index (χ2v) is 11.4. The minimum Gasteiger partial charge on any atom is -0.378 e.